The molecule has 1 spiro atoms. The molecule has 0 bridgehead atoms. The highest BCUT2D eigenvalue weighted by Gasteiger charge is 2.58. The lowest BCUT2D eigenvalue weighted by Gasteiger charge is -2.31. The number of nitrogens with one attached hydrogen (secondary N) is 1. The van der Waals surface area contributed by atoms with Gasteiger partial charge < -0.3 is 10.2 Å². The molecule has 1 atom stereocenters. The maximum absolute atomic E-state index is 12.5. The third kappa shape index (κ3) is 4.09. The van der Waals surface area contributed by atoms with Crippen molar-refractivity contribution in [2.75, 3.05) is 13.1 Å². The average molecular weight is 372 g/mol. The molecule has 4 nitrogen and oxygen atoms in total. The Hall–Kier alpha value is -3.06. The lowest BCUT2D eigenvalue weighted by molar-refractivity contribution is -0.127. The lowest BCUT2D eigenvalue weighted by atomic mass is 9.90. The average Bonchev–Trinajstić information content (AvgIpc) is 3.45. The molecule has 1 saturated carbocycles. The van der Waals surface area contributed by atoms with Crippen molar-refractivity contribution >= 4 is 11.8 Å². The van der Waals surface area contributed by atoms with E-state index in [2.05, 4.69) is 17.2 Å². The van der Waals surface area contributed by atoms with Gasteiger partial charge in [0.15, 0.2) is 0 Å². The number of hydrogen-bond donors (Lipinski definition) is 1. The van der Waals surface area contributed by atoms with E-state index in [0.29, 0.717) is 19.6 Å². The monoisotopic (exact) mass is 372 g/mol. The number of carbonyl (C=O) groups is 2. The molecule has 142 valence electrons. The maximum atomic E-state index is 12.5. The largest absolute Gasteiger partial charge is 0.352 e. The molecule has 1 aliphatic carbocycles. The van der Waals surface area contributed by atoms with Crippen LogP contribution in [-0.4, -0.2) is 29.8 Å². The van der Waals surface area contributed by atoms with Gasteiger partial charge in [-0.3, -0.25) is 9.59 Å². The van der Waals surface area contributed by atoms with Gasteiger partial charge in [0.1, 0.15) is 0 Å². The van der Waals surface area contributed by atoms with Gasteiger partial charge in [-0.15, -0.1) is 0 Å². The topological polar surface area (TPSA) is 49.4 Å². The van der Waals surface area contributed by atoms with Crippen molar-refractivity contribution in [1.29, 1.82) is 0 Å². The highest BCUT2D eigenvalue weighted by Crippen LogP contribution is 2.59. The number of carbonyl (C=O) groups excluding carboxylic acids is 2. The predicted octanol–water partition coefficient (Wildman–Crippen LogP) is 2.98. The van der Waals surface area contributed by atoms with Crippen LogP contribution in [0.25, 0.3) is 0 Å². The van der Waals surface area contributed by atoms with E-state index >= 15 is 0 Å². The van der Waals surface area contributed by atoms with Gasteiger partial charge in [0.25, 0.3) is 5.91 Å². The van der Waals surface area contributed by atoms with E-state index in [-0.39, 0.29) is 23.1 Å². The van der Waals surface area contributed by atoms with Crippen LogP contribution in [-0.2, 0) is 16.1 Å². The first-order valence-corrected chi connectivity index (χ1v) is 9.84. The highest BCUT2D eigenvalue weighted by atomic mass is 16.2. The van der Waals surface area contributed by atoms with Crippen LogP contribution < -0.4 is 5.32 Å². The molecule has 2 fully saturated rings. The summed E-state index contributed by atoms with van der Waals surface area (Å²) in [7, 11) is 0. The molecule has 0 aromatic heterocycles. The van der Waals surface area contributed by atoms with E-state index in [0.717, 1.165) is 30.4 Å². The maximum Gasteiger partial charge on any atom is 0.298 e. The smallest absolute Gasteiger partial charge is 0.298 e. The number of piperidine rings is 1. The summed E-state index contributed by atoms with van der Waals surface area (Å²) in [6, 6.07) is 19.5. The number of benzene rings is 2. The molecule has 2 aliphatic rings. The van der Waals surface area contributed by atoms with E-state index in [9.17, 15) is 9.59 Å². The van der Waals surface area contributed by atoms with Crippen LogP contribution in [0.3, 0.4) is 0 Å². The van der Waals surface area contributed by atoms with Gasteiger partial charge in [-0.1, -0.05) is 54.5 Å². The Morgan fingerprint density at radius 3 is 2.32 bits per heavy atom. The van der Waals surface area contributed by atoms with Crippen LogP contribution in [0.5, 0.6) is 0 Å². The Kier molecular flexibility index (Phi) is 5.16. The summed E-state index contributed by atoms with van der Waals surface area (Å²) in [6.07, 6.45) is 2.70. The summed E-state index contributed by atoms with van der Waals surface area (Å²) < 4.78 is 0. The zero-order valence-corrected chi connectivity index (χ0v) is 15.9. The van der Waals surface area contributed by atoms with Crippen LogP contribution in [0.15, 0.2) is 60.7 Å². The third-order valence-corrected chi connectivity index (χ3v) is 5.95. The quantitative estimate of drug-likeness (QED) is 0.842. The van der Waals surface area contributed by atoms with Crippen LogP contribution in [0, 0.1) is 23.2 Å². The summed E-state index contributed by atoms with van der Waals surface area (Å²) >= 11 is 0. The summed E-state index contributed by atoms with van der Waals surface area (Å²) in [5.74, 6) is 5.79. The Bertz CT molecular complexity index is 904. The lowest BCUT2D eigenvalue weighted by Crippen LogP contribution is -2.40. The number of nitrogens with zero attached hydrogens (tertiary/aromatic N) is 1. The second-order valence-corrected chi connectivity index (χ2v) is 7.73. The Morgan fingerprint density at radius 1 is 1.00 bits per heavy atom. The summed E-state index contributed by atoms with van der Waals surface area (Å²) in [5, 5.41) is 3.06. The first kappa shape index (κ1) is 18.3. The summed E-state index contributed by atoms with van der Waals surface area (Å²) in [6.45, 7) is 1.95. The molecular formula is C24H24N2O2. The zero-order valence-electron chi connectivity index (χ0n) is 15.9. The minimum absolute atomic E-state index is 0.0869. The van der Waals surface area contributed by atoms with Gasteiger partial charge in [-0.05, 0) is 42.4 Å². The Morgan fingerprint density at radius 2 is 1.64 bits per heavy atom. The van der Waals surface area contributed by atoms with E-state index in [1.165, 1.54) is 0 Å². The van der Waals surface area contributed by atoms with Crippen molar-refractivity contribution in [2.45, 2.75) is 25.8 Å². The minimum atomic E-state index is -0.121. The third-order valence-electron chi connectivity index (χ3n) is 5.95. The Labute approximate surface area is 165 Å². The predicted molar refractivity (Wildman–Crippen MR) is 108 cm³/mol. The standard InChI is InChI=1S/C24H24N2O2/c27-22(12-11-19-7-3-1-4-8-19)26-15-13-24(14-16-26)17-21(24)23(28)25-18-20-9-5-2-6-10-20/h1-10,21H,13-18H2,(H,25,28)/t21-/m0/s1. The van der Waals surface area contributed by atoms with Gasteiger partial charge in [-0.2, -0.15) is 0 Å². The first-order chi connectivity index (χ1) is 13.7. The highest BCUT2D eigenvalue weighted by molar-refractivity contribution is 5.94. The zero-order chi connectivity index (χ0) is 19.4. The molecular weight excluding hydrogens is 348 g/mol. The SMILES string of the molecule is O=C(NCc1ccccc1)[C@@H]1CC12CCN(C(=O)C#Cc1ccccc1)CC2. The fraction of sp³-hybridized carbons (Fsp3) is 0.333. The van der Waals surface area contributed by atoms with Gasteiger partial charge in [0.2, 0.25) is 5.91 Å². The number of likely N-dealkylation sites (tertiary alicyclic amines) is 1. The van der Waals surface area contributed by atoms with Crippen molar-refractivity contribution in [3.63, 3.8) is 0 Å². The Balaban J connectivity index is 1.26. The molecule has 1 heterocycles. The van der Waals surface area contributed by atoms with E-state index in [1.807, 2.05) is 65.6 Å². The molecule has 2 amide bonds. The fourth-order valence-corrected chi connectivity index (χ4v) is 4.06. The van der Waals surface area contributed by atoms with Crippen molar-refractivity contribution in [3.8, 4) is 11.8 Å². The molecule has 2 aromatic carbocycles. The second-order valence-electron chi connectivity index (χ2n) is 7.73. The molecule has 0 unspecified atom stereocenters. The van der Waals surface area contributed by atoms with Gasteiger partial charge >= 0.3 is 0 Å². The molecule has 1 saturated heterocycles. The van der Waals surface area contributed by atoms with Crippen molar-refractivity contribution < 1.29 is 9.59 Å². The second kappa shape index (κ2) is 7.90. The fourth-order valence-electron chi connectivity index (χ4n) is 4.06. The summed E-state index contributed by atoms with van der Waals surface area (Å²) in [4.78, 5) is 26.7. The van der Waals surface area contributed by atoms with E-state index in [1.54, 1.807) is 0 Å². The van der Waals surface area contributed by atoms with Gasteiger partial charge in [0.05, 0.1) is 0 Å². The van der Waals surface area contributed by atoms with Crippen LogP contribution in [0.2, 0.25) is 0 Å². The van der Waals surface area contributed by atoms with Gasteiger partial charge in [0, 0.05) is 37.0 Å². The van der Waals surface area contributed by atoms with E-state index < -0.39 is 0 Å². The van der Waals surface area contributed by atoms with E-state index in [4.69, 9.17) is 0 Å². The molecule has 1 N–H and O–H groups in total. The number of rotatable bonds is 3. The molecule has 0 radical (unpaired) electrons. The molecule has 28 heavy (non-hydrogen) atoms. The van der Waals surface area contributed by atoms with Gasteiger partial charge in [-0.25, -0.2) is 0 Å². The normalized spacial score (nSPS) is 19.4. The summed E-state index contributed by atoms with van der Waals surface area (Å²) in [5.41, 5.74) is 2.05. The van der Waals surface area contributed by atoms with Crippen LogP contribution in [0.4, 0.5) is 0 Å². The first-order valence-electron chi connectivity index (χ1n) is 9.84. The van der Waals surface area contributed by atoms with Crippen LogP contribution in [0.1, 0.15) is 30.4 Å². The minimum Gasteiger partial charge on any atom is -0.352 e. The van der Waals surface area contributed by atoms with Crippen molar-refractivity contribution in [3.05, 3.63) is 71.8 Å². The number of hydrogen-bond acceptors (Lipinski definition) is 2. The molecule has 4 heteroatoms. The molecule has 2 aromatic rings. The molecule has 4 rings (SSSR count). The number of amides is 2. The van der Waals surface area contributed by atoms with Crippen molar-refractivity contribution in [2.24, 2.45) is 11.3 Å². The molecule has 1 aliphatic heterocycles. The van der Waals surface area contributed by atoms with Crippen LogP contribution >= 0.6 is 0 Å². The van der Waals surface area contributed by atoms with Crippen molar-refractivity contribution in [1.82, 2.24) is 10.2 Å².